The molecule has 3 rings (SSSR count). The van der Waals surface area contributed by atoms with Crippen molar-refractivity contribution < 1.29 is 9.53 Å². The molecule has 1 aliphatic carbocycles. The standard InChI is InChI=1S/C19H29N3O3/c23-17-7-1-5-12-22(17)13-6-4-11-20-18(24)21-16-8-14-25-19(15-16)9-2-3-10-19/h1,5,7,12,16H,2-4,6,8-11,13-15H2,(H2,20,21,24)/t16-/m1/s1. The summed E-state index contributed by atoms with van der Waals surface area (Å²) in [4.78, 5) is 23.7. The minimum atomic E-state index is -0.0862. The van der Waals surface area contributed by atoms with Gasteiger partial charge in [-0.15, -0.1) is 0 Å². The highest BCUT2D eigenvalue weighted by atomic mass is 16.5. The van der Waals surface area contributed by atoms with Gasteiger partial charge in [0.2, 0.25) is 5.56 Å². The van der Waals surface area contributed by atoms with Gasteiger partial charge in [-0.2, -0.15) is 0 Å². The largest absolute Gasteiger partial charge is 0.375 e. The number of rotatable bonds is 6. The minimum absolute atomic E-state index is 0.0218. The van der Waals surface area contributed by atoms with Gasteiger partial charge in [0.05, 0.1) is 5.60 Å². The maximum Gasteiger partial charge on any atom is 0.315 e. The average Bonchev–Trinajstić information content (AvgIpc) is 3.03. The Hall–Kier alpha value is -1.82. The van der Waals surface area contributed by atoms with Crippen LogP contribution in [-0.2, 0) is 11.3 Å². The van der Waals surface area contributed by atoms with Crippen LogP contribution < -0.4 is 16.2 Å². The molecule has 0 bridgehead atoms. The Balaban J connectivity index is 1.32. The summed E-state index contributed by atoms with van der Waals surface area (Å²) in [6.07, 6.45) is 10.1. The maximum absolute atomic E-state index is 12.1. The summed E-state index contributed by atoms with van der Waals surface area (Å²) in [7, 11) is 0. The second kappa shape index (κ2) is 8.52. The van der Waals surface area contributed by atoms with E-state index < -0.39 is 0 Å². The lowest BCUT2D eigenvalue weighted by Crippen LogP contribution is -2.50. The van der Waals surface area contributed by atoms with Gasteiger partial charge in [0.1, 0.15) is 0 Å². The number of nitrogens with zero attached hydrogens (tertiary/aromatic N) is 1. The van der Waals surface area contributed by atoms with Crippen molar-refractivity contribution >= 4 is 6.03 Å². The highest BCUT2D eigenvalue weighted by Gasteiger charge is 2.40. The highest BCUT2D eigenvalue weighted by molar-refractivity contribution is 5.74. The van der Waals surface area contributed by atoms with Gasteiger partial charge in [-0.3, -0.25) is 4.79 Å². The number of aromatic nitrogens is 1. The molecule has 6 nitrogen and oxygen atoms in total. The number of aryl methyl sites for hydroxylation is 1. The Morgan fingerprint density at radius 1 is 1.28 bits per heavy atom. The molecule has 1 saturated heterocycles. The molecule has 1 aliphatic heterocycles. The third-order valence-corrected chi connectivity index (χ3v) is 5.35. The molecular weight excluding hydrogens is 318 g/mol. The second-order valence-corrected chi connectivity index (χ2v) is 7.27. The van der Waals surface area contributed by atoms with Gasteiger partial charge in [-0.1, -0.05) is 18.9 Å². The minimum Gasteiger partial charge on any atom is -0.375 e. The van der Waals surface area contributed by atoms with E-state index >= 15 is 0 Å². The molecule has 138 valence electrons. The molecule has 1 spiro atoms. The maximum atomic E-state index is 12.1. The van der Waals surface area contributed by atoms with Crippen LogP contribution in [0, 0.1) is 0 Å². The third kappa shape index (κ3) is 5.08. The predicted molar refractivity (Wildman–Crippen MR) is 96.6 cm³/mol. The second-order valence-electron chi connectivity index (χ2n) is 7.27. The van der Waals surface area contributed by atoms with E-state index in [9.17, 15) is 9.59 Å². The van der Waals surface area contributed by atoms with Crippen molar-refractivity contribution in [3.63, 3.8) is 0 Å². The monoisotopic (exact) mass is 347 g/mol. The van der Waals surface area contributed by atoms with E-state index in [2.05, 4.69) is 10.6 Å². The highest BCUT2D eigenvalue weighted by Crippen LogP contribution is 2.39. The number of hydrogen-bond acceptors (Lipinski definition) is 3. The number of nitrogens with one attached hydrogen (secondary N) is 2. The zero-order valence-electron chi connectivity index (χ0n) is 14.8. The van der Waals surface area contributed by atoms with E-state index in [1.165, 1.54) is 12.8 Å². The predicted octanol–water partition coefficient (Wildman–Crippen LogP) is 2.42. The van der Waals surface area contributed by atoms with Crippen LogP contribution in [0.2, 0.25) is 0 Å². The number of amides is 2. The summed E-state index contributed by atoms with van der Waals surface area (Å²) < 4.78 is 7.70. The van der Waals surface area contributed by atoms with E-state index in [4.69, 9.17) is 4.74 Å². The zero-order valence-corrected chi connectivity index (χ0v) is 14.8. The van der Waals surface area contributed by atoms with Crippen molar-refractivity contribution in [2.24, 2.45) is 0 Å². The Bertz CT molecular complexity index is 622. The van der Waals surface area contributed by atoms with E-state index in [1.54, 1.807) is 22.9 Å². The number of hydrogen-bond donors (Lipinski definition) is 2. The molecular formula is C19H29N3O3. The number of unbranched alkanes of at least 4 members (excludes halogenated alkanes) is 1. The molecule has 2 N–H and O–H groups in total. The van der Waals surface area contributed by atoms with Crippen molar-refractivity contribution in [2.45, 2.75) is 69.6 Å². The Labute approximate surface area is 148 Å². The number of ether oxygens (including phenoxy) is 1. The van der Waals surface area contributed by atoms with Crippen LogP contribution in [-0.4, -0.2) is 35.4 Å². The zero-order chi connectivity index (χ0) is 17.5. The quantitative estimate of drug-likeness (QED) is 0.776. The third-order valence-electron chi connectivity index (χ3n) is 5.35. The van der Waals surface area contributed by atoms with Crippen LogP contribution in [0.15, 0.2) is 29.2 Å². The molecule has 2 aliphatic rings. The van der Waals surface area contributed by atoms with Crippen molar-refractivity contribution in [3.8, 4) is 0 Å². The van der Waals surface area contributed by atoms with Gasteiger partial charge in [0.25, 0.3) is 0 Å². The van der Waals surface area contributed by atoms with Gasteiger partial charge in [-0.25, -0.2) is 4.79 Å². The molecule has 1 saturated carbocycles. The molecule has 2 heterocycles. The summed E-state index contributed by atoms with van der Waals surface area (Å²) >= 11 is 0. The normalized spacial score (nSPS) is 22.0. The van der Waals surface area contributed by atoms with Crippen LogP contribution >= 0.6 is 0 Å². The number of urea groups is 1. The van der Waals surface area contributed by atoms with Crippen molar-refractivity contribution in [1.82, 2.24) is 15.2 Å². The lowest BCUT2D eigenvalue weighted by Gasteiger charge is -2.38. The lowest BCUT2D eigenvalue weighted by atomic mass is 9.89. The van der Waals surface area contributed by atoms with Crippen molar-refractivity contribution in [2.75, 3.05) is 13.2 Å². The van der Waals surface area contributed by atoms with Gasteiger partial charge in [0, 0.05) is 38.0 Å². The fourth-order valence-corrected chi connectivity index (χ4v) is 4.01. The fraction of sp³-hybridized carbons (Fsp3) is 0.684. The van der Waals surface area contributed by atoms with Crippen LogP contribution in [0.1, 0.15) is 51.4 Å². The van der Waals surface area contributed by atoms with Gasteiger partial charge >= 0.3 is 6.03 Å². The molecule has 1 atom stereocenters. The first-order valence-electron chi connectivity index (χ1n) is 9.51. The average molecular weight is 347 g/mol. The topological polar surface area (TPSA) is 72.4 Å². The van der Waals surface area contributed by atoms with Gasteiger partial charge < -0.3 is 19.9 Å². The van der Waals surface area contributed by atoms with E-state index in [-0.39, 0.29) is 23.2 Å². The summed E-state index contributed by atoms with van der Waals surface area (Å²) in [5.41, 5.74) is 0.0487. The molecule has 1 aromatic heterocycles. The number of pyridine rings is 1. The summed E-state index contributed by atoms with van der Waals surface area (Å²) in [6.45, 7) is 2.06. The Morgan fingerprint density at radius 3 is 2.92 bits per heavy atom. The molecule has 1 aromatic rings. The Morgan fingerprint density at radius 2 is 2.12 bits per heavy atom. The van der Waals surface area contributed by atoms with Crippen LogP contribution in [0.25, 0.3) is 0 Å². The molecule has 25 heavy (non-hydrogen) atoms. The smallest absolute Gasteiger partial charge is 0.315 e. The summed E-state index contributed by atoms with van der Waals surface area (Å²) in [6, 6.07) is 5.30. The van der Waals surface area contributed by atoms with E-state index in [0.717, 1.165) is 45.1 Å². The molecule has 0 unspecified atom stereocenters. The molecule has 6 heteroatoms. The first-order chi connectivity index (χ1) is 12.2. The molecule has 0 aromatic carbocycles. The number of carbonyl (C=O) groups is 1. The summed E-state index contributed by atoms with van der Waals surface area (Å²) in [5.74, 6) is 0. The molecule has 0 radical (unpaired) electrons. The van der Waals surface area contributed by atoms with Gasteiger partial charge in [0.15, 0.2) is 0 Å². The Kier molecular flexibility index (Phi) is 6.13. The van der Waals surface area contributed by atoms with Gasteiger partial charge in [-0.05, 0) is 44.6 Å². The van der Waals surface area contributed by atoms with Crippen LogP contribution in [0.5, 0.6) is 0 Å². The van der Waals surface area contributed by atoms with Crippen molar-refractivity contribution in [3.05, 3.63) is 34.7 Å². The van der Waals surface area contributed by atoms with E-state index in [1.807, 2.05) is 6.07 Å². The first-order valence-corrected chi connectivity index (χ1v) is 9.51. The first kappa shape index (κ1) is 18.0. The van der Waals surface area contributed by atoms with Crippen molar-refractivity contribution in [1.29, 1.82) is 0 Å². The van der Waals surface area contributed by atoms with E-state index in [0.29, 0.717) is 13.1 Å². The number of carbonyl (C=O) groups excluding carboxylic acids is 1. The van der Waals surface area contributed by atoms with Crippen LogP contribution in [0.3, 0.4) is 0 Å². The fourth-order valence-electron chi connectivity index (χ4n) is 4.01. The van der Waals surface area contributed by atoms with Crippen LogP contribution in [0.4, 0.5) is 4.79 Å². The molecule has 2 amide bonds. The molecule has 2 fully saturated rings. The summed E-state index contributed by atoms with van der Waals surface area (Å²) in [5, 5.41) is 6.03. The SMILES string of the molecule is O=C(NCCCCn1ccccc1=O)N[C@@H]1CCOC2(CCCC2)C1. The lowest BCUT2D eigenvalue weighted by molar-refractivity contribution is -0.0820.